The summed E-state index contributed by atoms with van der Waals surface area (Å²) >= 11 is 0. The Morgan fingerprint density at radius 2 is 2.26 bits per heavy atom. The van der Waals surface area contributed by atoms with Gasteiger partial charge in [-0.2, -0.15) is 0 Å². The molecule has 0 saturated carbocycles. The van der Waals surface area contributed by atoms with Crippen LogP contribution in [-0.4, -0.2) is 19.2 Å². The Morgan fingerprint density at radius 3 is 2.84 bits per heavy atom. The van der Waals surface area contributed by atoms with Crippen molar-refractivity contribution in [3.8, 4) is 11.8 Å². The lowest BCUT2D eigenvalue weighted by Crippen LogP contribution is -2.17. The summed E-state index contributed by atoms with van der Waals surface area (Å²) in [7, 11) is 0. The zero-order chi connectivity index (χ0) is 14.3. The number of nitrogens with two attached hydrogens (primary N) is 1. The standard InChI is InChI=1S/C14H17FN2O2/c1-10(2)9-19-14(18)17-13-6-5-11(4-3-7-16)8-12(13)15/h5-6,8,10H,7,9,16H2,1-2H3,(H,17,18). The van der Waals surface area contributed by atoms with E-state index in [0.29, 0.717) is 5.56 Å². The van der Waals surface area contributed by atoms with Crippen LogP contribution in [0.1, 0.15) is 19.4 Å². The number of carbonyl (C=O) groups is 1. The zero-order valence-electron chi connectivity index (χ0n) is 11.0. The summed E-state index contributed by atoms with van der Waals surface area (Å²) in [6, 6.07) is 4.27. The maximum absolute atomic E-state index is 13.7. The largest absolute Gasteiger partial charge is 0.449 e. The van der Waals surface area contributed by atoms with Crippen LogP contribution in [0.3, 0.4) is 0 Å². The van der Waals surface area contributed by atoms with Crippen LogP contribution in [-0.2, 0) is 4.74 Å². The number of anilines is 1. The van der Waals surface area contributed by atoms with E-state index in [1.54, 1.807) is 6.07 Å². The minimum Gasteiger partial charge on any atom is -0.449 e. The van der Waals surface area contributed by atoms with Crippen LogP contribution in [0.25, 0.3) is 0 Å². The van der Waals surface area contributed by atoms with Crippen LogP contribution < -0.4 is 11.1 Å². The molecule has 1 rings (SSSR count). The molecule has 1 aromatic carbocycles. The third-order valence-electron chi connectivity index (χ3n) is 2.09. The second-order valence-electron chi connectivity index (χ2n) is 4.32. The van der Waals surface area contributed by atoms with Gasteiger partial charge in [-0.25, -0.2) is 9.18 Å². The van der Waals surface area contributed by atoms with E-state index in [-0.39, 0.29) is 24.8 Å². The highest BCUT2D eigenvalue weighted by Gasteiger charge is 2.08. The summed E-state index contributed by atoms with van der Waals surface area (Å²) in [5.74, 6) is 4.99. The first-order valence-corrected chi connectivity index (χ1v) is 5.95. The summed E-state index contributed by atoms with van der Waals surface area (Å²) in [6.45, 7) is 4.33. The van der Waals surface area contributed by atoms with Crippen molar-refractivity contribution in [1.29, 1.82) is 0 Å². The fourth-order valence-electron chi connectivity index (χ4n) is 1.24. The van der Waals surface area contributed by atoms with Gasteiger partial charge < -0.3 is 10.5 Å². The third-order valence-corrected chi connectivity index (χ3v) is 2.09. The van der Waals surface area contributed by atoms with Crippen molar-refractivity contribution in [1.82, 2.24) is 0 Å². The number of hydrogen-bond donors (Lipinski definition) is 2. The topological polar surface area (TPSA) is 64.3 Å². The highest BCUT2D eigenvalue weighted by atomic mass is 19.1. The molecule has 0 atom stereocenters. The molecule has 0 aliphatic rings. The van der Waals surface area contributed by atoms with Crippen LogP contribution in [0.15, 0.2) is 18.2 Å². The highest BCUT2D eigenvalue weighted by Crippen LogP contribution is 2.15. The van der Waals surface area contributed by atoms with E-state index in [1.807, 2.05) is 13.8 Å². The van der Waals surface area contributed by atoms with Crippen LogP contribution in [0.2, 0.25) is 0 Å². The smallest absolute Gasteiger partial charge is 0.411 e. The molecule has 102 valence electrons. The number of benzene rings is 1. The van der Waals surface area contributed by atoms with Gasteiger partial charge in [-0.3, -0.25) is 5.32 Å². The molecular weight excluding hydrogens is 247 g/mol. The van der Waals surface area contributed by atoms with E-state index in [2.05, 4.69) is 17.2 Å². The number of nitrogens with one attached hydrogen (secondary N) is 1. The van der Waals surface area contributed by atoms with Crippen molar-refractivity contribution >= 4 is 11.8 Å². The molecule has 1 aromatic rings. The fourth-order valence-corrected chi connectivity index (χ4v) is 1.24. The lowest BCUT2D eigenvalue weighted by molar-refractivity contribution is 0.147. The summed E-state index contributed by atoms with van der Waals surface area (Å²) in [5, 5.41) is 2.34. The van der Waals surface area contributed by atoms with Gasteiger partial charge in [-0.05, 0) is 24.1 Å². The van der Waals surface area contributed by atoms with Crippen LogP contribution in [0, 0.1) is 23.6 Å². The van der Waals surface area contributed by atoms with E-state index >= 15 is 0 Å². The first-order valence-electron chi connectivity index (χ1n) is 5.95. The molecule has 0 spiro atoms. The van der Waals surface area contributed by atoms with Crippen LogP contribution >= 0.6 is 0 Å². The number of rotatable bonds is 3. The monoisotopic (exact) mass is 264 g/mol. The molecule has 0 aromatic heterocycles. The first-order chi connectivity index (χ1) is 9.02. The number of ether oxygens (including phenoxy) is 1. The molecule has 5 heteroatoms. The van der Waals surface area contributed by atoms with Crippen molar-refractivity contribution in [3.05, 3.63) is 29.6 Å². The molecule has 3 N–H and O–H groups in total. The minimum absolute atomic E-state index is 0.0621. The van der Waals surface area contributed by atoms with Crippen LogP contribution in [0.4, 0.5) is 14.9 Å². The molecular formula is C14H17FN2O2. The van der Waals surface area contributed by atoms with E-state index in [4.69, 9.17) is 10.5 Å². The van der Waals surface area contributed by atoms with E-state index < -0.39 is 11.9 Å². The predicted molar refractivity (Wildman–Crippen MR) is 72.1 cm³/mol. The van der Waals surface area contributed by atoms with Gasteiger partial charge in [-0.1, -0.05) is 25.7 Å². The minimum atomic E-state index is -0.673. The normalized spacial score (nSPS) is 9.74. The Labute approximate surface area is 112 Å². The summed E-state index contributed by atoms with van der Waals surface area (Å²) in [4.78, 5) is 11.4. The Morgan fingerprint density at radius 1 is 1.53 bits per heavy atom. The van der Waals surface area contributed by atoms with Gasteiger partial charge in [-0.15, -0.1) is 0 Å². The fraction of sp³-hybridized carbons (Fsp3) is 0.357. The molecule has 4 nitrogen and oxygen atoms in total. The predicted octanol–water partition coefficient (Wildman–Crippen LogP) is 2.34. The van der Waals surface area contributed by atoms with Crippen LogP contribution in [0.5, 0.6) is 0 Å². The Kier molecular flexibility index (Phi) is 5.83. The summed E-state index contributed by atoms with van der Waals surface area (Å²) in [6.07, 6.45) is -0.673. The average molecular weight is 264 g/mol. The average Bonchev–Trinajstić information content (AvgIpc) is 2.37. The molecule has 0 saturated heterocycles. The van der Waals surface area contributed by atoms with Crippen molar-refractivity contribution < 1.29 is 13.9 Å². The lowest BCUT2D eigenvalue weighted by atomic mass is 10.2. The Balaban J connectivity index is 2.67. The summed E-state index contributed by atoms with van der Waals surface area (Å²) in [5.41, 5.74) is 5.79. The lowest BCUT2D eigenvalue weighted by Gasteiger charge is -2.09. The van der Waals surface area contributed by atoms with Crippen molar-refractivity contribution in [3.63, 3.8) is 0 Å². The van der Waals surface area contributed by atoms with Gasteiger partial charge in [0.05, 0.1) is 18.8 Å². The van der Waals surface area contributed by atoms with Crippen molar-refractivity contribution in [2.75, 3.05) is 18.5 Å². The molecule has 19 heavy (non-hydrogen) atoms. The highest BCUT2D eigenvalue weighted by molar-refractivity contribution is 5.84. The number of carbonyl (C=O) groups excluding carboxylic acids is 1. The van der Waals surface area contributed by atoms with E-state index in [0.717, 1.165) is 0 Å². The molecule has 0 unspecified atom stereocenters. The van der Waals surface area contributed by atoms with Gasteiger partial charge in [0.1, 0.15) is 5.82 Å². The molecule has 0 fully saturated rings. The van der Waals surface area contributed by atoms with Gasteiger partial charge in [0.15, 0.2) is 0 Å². The van der Waals surface area contributed by atoms with Gasteiger partial charge in [0.2, 0.25) is 0 Å². The number of hydrogen-bond acceptors (Lipinski definition) is 3. The van der Waals surface area contributed by atoms with E-state index in [1.165, 1.54) is 12.1 Å². The van der Waals surface area contributed by atoms with Gasteiger partial charge in [0.25, 0.3) is 0 Å². The Hall–Kier alpha value is -2.06. The quantitative estimate of drug-likeness (QED) is 0.824. The molecule has 1 amide bonds. The molecule has 0 bridgehead atoms. The third kappa shape index (κ3) is 5.40. The van der Waals surface area contributed by atoms with Gasteiger partial charge >= 0.3 is 6.09 Å². The number of amides is 1. The maximum atomic E-state index is 13.7. The molecule has 0 aliphatic carbocycles. The summed E-state index contributed by atoms with van der Waals surface area (Å²) < 4.78 is 18.6. The van der Waals surface area contributed by atoms with E-state index in [9.17, 15) is 9.18 Å². The number of halogens is 1. The second kappa shape index (κ2) is 7.39. The Bertz CT molecular complexity index is 504. The molecule has 0 heterocycles. The van der Waals surface area contributed by atoms with Crippen molar-refractivity contribution in [2.24, 2.45) is 11.7 Å². The zero-order valence-corrected chi connectivity index (χ0v) is 11.0. The van der Waals surface area contributed by atoms with Crippen molar-refractivity contribution in [2.45, 2.75) is 13.8 Å². The molecule has 0 radical (unpaired) electrons. The molecule has 0 aliphatic heterocycles. The van der Waals surface area contributed by atoms with Gasteiger partial charge in [0, 0.05) is 5.56 Å². The maximum Gasteiger partial charge on any atom is 0.411 e. The SMILES string of the molecule is CC(C)COC(=O)Nc1ccc(C#CCN)cc1F. The first kappa shape index (κ1) is 15.0. The second-order valence-corrected chi connectivity index (χ2v) is 4.32.